The van der Waals surface area contributed by atoms with E-state index in [0.717, 1.165) is 12.1 Å². The van der Waals surface area contributed by atoms with Crippen molar-refractivity contribution < 1.29 is 36.5 Å². The van der Waals surface area contributed by atoms with Crippen molar-refractivity contribution in [1.82, 2.24) is 4.72 Å². The number of aliphatic hydroxyl groups excluding tert-OH is 2. The first kappa shape index (κ1) is 26.2. The SMILES string of the molecule is C=C(/C=C(F)\C(NS(=O)(=O)C1(CC(O)CO)CC1)=C(/CF)Nc1ccc(Br)cc1F)OC. The largest absolute Gasteiger partial charge is 0.497 e. The van der Waals surface area contributed by atoms with Crippen LogP contribution in [0.25, 0.3) is 0 Å². The number of anilines is 1. The second-order valence-corrected chi connectivity index (χ2v) is 10.2. The van der Waals surface area contributed by atoms with E-state index >= 15 is 4.39 Å². The Morgan fingerprint density at radius 3 is 2.59 bits per heavy atom. The number of allylic oxidation sites excluding steroid dienone is 3. The van der Waals surface area contributed by atoms with Gasteiger partial charge in [0.25, 0.3) is 0 Å². The van der Waals surface area contributed by atoms with E-state index in [1.54, 1.807) is 0 Å². The average molecular weight is 541 g/mol. The smallest absolute Gasteiger partial charge is 0.238 e. The van der Waals surface area contributed by atoms with Crippen LogP contribution in [0.1, 0.15) is 19.3 Å². The Bertz CT molecular complexity index is 1030. The lowest BCUT2D eigenvalue weighted by molar-refractivity contribution is 0.0857. The number of aliphatic hydroxyl groups is 2. The summed E-state index contributed by atoms with van der Waals surface area (Å²) in [5, 5.41) is 21.2. The van der Waals surface area contributed by atoms with Gasteiger partial charge in [0.2, 0.25) is 10.0 Å². The zero-order chi connectivity index (χ0) is 24.1. The van der Waals surface area contributed by atoms with E-state index < -0.39 is 57.2 Å². The number of nitrogens with one attached hydrogen (secondary N) is 2. The van der Waals surface area contributed by atoms with Gasteiger partial charge in [-0.15, -0.1) is 0 Å². The molecule has 7 nitrogen and oxygen atoms in total. The molecule has 1 aromatic carbocycles. The van der Waals surface area contributed by atoms with E-state index in [9.17, 15) is 22.3 Å². The van der Waals surface area contributed by atoms with Gasteiger partial charge in [-0.05, 0) is 37.5 Å². The molecule has 0 spiro atoms. The Morgan fingerprint density at radius 1 is 1.44 bits per heavy atom. The molecule has 12 heteroatoms. The molecule has 1 aliphatic carbocycles. The van der Waals surface area contributed by atoms with E-state index in [2.05, 4.69) is 27.8 Å². The summed E-state index contributed by atoms with van der Waals surface area (Å²) in [5.41, 5.74) is -1.60. The average Bonchev–Trinajstić information content (AvgIpc) is 3.52. The molecule has 1 aliphatic rings. The highest BCUT2D eigenvalue weighted by Crippen LogP contribution is 2.47. The third-order valence-corrected chi connectivity index (χ3v) is 7.55. The molecule has 1 saturated carbocycles. The molecular formula is C20H24BrF3N2O5S. The maximum absolute atomic E-state index is 15.0. The van der Waals surface area contributed by atoms with Crippen molar-refractivity contribution in [3.8, 4) is 0 Å². The molecule has 4 N–H and O–H groups in total. The first-order chi connectivity index (χ1) is 15.0. The minimum absolute atomic E-state index is 0.155. The van der Waals surface area contributed by atoms with Crippen LogP contribution in [0.15, 0.2) is 58.3 Å². The Kier molecular flexibility index (Phi) is 8.80. The van der Waals surface area contributed by atoms with Crippen molar-refractivity contribution in [2.24, 2.45) is 0 Å². The number of hydrogen-bond donors (Lipinski definition) is 4. The Labute approximate surface area is 192 Å². The van der Waals surface area contributed by atoms with Crippen molar-refractivity contribution in [2.45, 2.75) is 30.1 Å². The predicted molar refractivity (Wildman–Crippen MR) is 118 cm³/mol. The molecule has 1 unspecified atom stereocenters. The second kappa shape index (κ2) is 10.7. The molecule has 0 amide bonds. The van der Waals surface area contributed by atoms with Crippen LogP contribution in [0, 0.1) is 5.82 Å². The number of benzene rings is 1. The summed E-state index contributed by atoms with van der Waals surface area (Å²) in [7, 11) is -3.13. The van der Waals surface area contributed by atoms with E-state index in [1.807, 2.05) is 4.72 Å². The van der Waals surface area contributed by atoms with Crippen molar-refractivity contribution in [3.05, 3.63) is 64.1 Å². The zero-order valence-corrected chi connectivity index (χ0v) is 19.6. The summed E-state index contributed by atoms with van der Waals surface area (Å²) < 4.78 is 74.9. The molecule has 0 saturated heterocycles. The van der Waals surface area contributed by atoms with Gasteiger partial charge in [-0.25, -0.2) is 21.6 Å². The molecule has 1 aromatic rings. The highest BCUT2D eigenvalue weighted by atomic mass is 79.9. The lowest BCUT2D eigenvalue weighted by Gasteiger charge is -2.22. The van der Waals surface area contributed by atoms with E-state index in [0.29, 0.717) is 4.47 Å². The van der Waals surface area contributed by atoms with E-state index in [4.69, 9.17) is 9.84 Å². The summed E-state index contributed by atoms with van der Waals surface area (Å²) in [4.78, 5) is 0. The van der Waals surface area contributed by atoms with E-state index in [-0.39, 0.29) is 30.7 Å². The van der Waals surface area contributed by atoms with Gasteiger partial charge < -0.3 is 20.3 Å². The van der Waals surface area contributed by atoms with Gasteiger partial charge in [0.15, 0.2) is 5.83 Å². The number of ether oxygens (including phenoxy) is 1. The summed E-state index contributed by atoms with van der Waals surface area (Å²) in [5.74, 6) is -2.19. The predicted octanol–water partition coefficient (Wildman–Crippen LogP) is 3.39. The highest BCUT2D eigenvalue weighted by molar-refractivity contribution is 9.10. The number of sulfonamides is 1. The minimum atomic E-state index is -4.34. The summed E-state index contributed by atoms with van der Waals surface area (Å²) in [6.07, 6.45) is -0.534. The molecule has 0 heterocycles. The molecule has 0 aliphatic heterocycles. The van der Waals surface area contributed by atoms with Crippen molar-refractivity contribution >= 4 is 31.6 Å². The molecule has 1 fully saturated rings. The number of rotatable bonds is 12. The Balaban J connectivity index is 2.51. The Hall–Kier alpha value is -2.02. The third kappa shape index (κ3) is 6.27. The van der Waals surface area contributed by atoms with Crippen LogP contribution in [-0.4, -0.2) is 49.9 Å². The number of methoxy groups -OCH3 is 1. The molecule has 0 bridgehead atoms. The minimum Gasteiger partial charge on any atom is -0.497 e. The van der Waals surface area contributed by atoms with Crippen molar-refractivity contribution in [1.29, 1.82) is 0 Å². The van der Waals surface area contributed by atoms with Gasteiger partial charge in [0.1, 0.15) is 23.9 Å². The lowest BCUT2D eigenvalue weighted by Crippen LogP contribution is -2.39. The molecule has 0 aromatic heterocycles. The molecule has 178 valence electrons. The van der Waals surface area contributed by atoms with E-state index in [1.165, 1.54) is 19.2 Å². The fourth-order valence-corrected chi connectivity index (χ4v) is 4.99. The normalized spacial score (nSPS) is 17.3. The first-order valence-electron chi connectivity index (χ1n) is 9.41. The number of halogens is 4. The second-order valence-electron chi connectivity index (χ2n) is 7.23. The quantitative estimate of drug-likeness (QED) is 0.239. The van der Waals surface area contributed by atoms with Gasteiger partial charge >= 0.3 is 0 Å². The monoisotopic (exact) mass is 540 g/mol. The third-order valence-electron chi connectivity index (χ3n) is 4.87. The fourth-order valence-electron chi connectivity index (χ4n) is 2.90. The molecular weight excluding hydrogens is 517 g/mol. The van der Waals surface area contributed by atoms with Gasteiger partial charge in [-0.1, -0.05) is 22.5 Å². The number of hydrogen-bond acceptors (Lipinski definition) is 6. The zero-order valence-electron chi connectivity index (χ0n) is 17.2. The summed E-state index contributed by atoms with van der Waals surface area (Å²) >= 11 is 3.08. The van der Waals surface area contributed by atoms with Crippen molar-refractivity contribution in [3.63, 3.8) is 0 Å². The van der Waals surface area contributed by atoms with Gasteiger partial charge in [0.05, 0.1) is 36.0 Å². The van der Waals surface area contributed by atoms with Crippen molar-refractivity contribution in [2.75, 3.05) is 25.7 Å². The maximum atomic E-state index is 15.0. The molecule has 2 rings (SSSR count). The Morgan fingerprint density at radius 2 is 2.09 bits per heavy atom. The van der Waals surface area contributed by atoms with Gasteiger partial charge in [0, 0.05) is 10.5 Å². The lowest BCUT2D eigenvalue weighted by atomic mass is 10.2. The molecule has 1 atom stereocenters. The van der Waals surface area contributed by atoms with Crippen LogP contribution < -0.4 is 10.0 Å². The van der Waals surface area contributed by atoms with Crippen LogP contribution in [0.4, 0.5) is 18.9 Å². The van der Waals surface area contributed by atoms with Gasteiger partial charge in [-0.2, -0.15) is 0 Å². The highest BCUT2D eigenvalue weighted by Gasteiger charge is 2.55. The first-order valence-corrected chi connectivity index (χ1v) is 11.7. The molecule has 32 heavy (non-hydrogen) atoms. The number of alkyl halides is 1. The van der Waals surface area contributed by atoms with Crippen LogP contribution in [0.5, 0.6) is 0 Å². The fraction of sp³-hybridized carbons (Fsp3) is 0.400. The standard InChI is InChI=1S/C20H24BrF3N2O5S/c1-12(31-2)7-16(24)19(18(10-22)25-17-4-3-13(21)8-15(17)23)26-32(29,30)20(5-6-20)9-14(28)11-27/h3-4,7-8,14,25-28H,1,5-6,9-11H2,2H3/b16-7+,19-18-. The van der Waals surface area contributed by atoms with Crippen LogP contribution in [0.2, 0.25) is 0 Å². The van der Waals surface area contributed by atoms with Crippen LogP contribution in [0.3, 0.4) is 0 Å². The topological polar surface area (TPSA) is 108 Å². The van der Waals surface area contributed by atoms with Crippen LogP contribution in [-0.2, 0) is 14.8 Å². The maximum Gasteiger partial charge on any atom is 0.238 e. The summed E-state index contributed by atoms with van der Waals surface area (Å²) in [6.45, 7) is 1.39. The van der Waals surface area contributed by atoms with Gasteiger partial charge in [-0.3, -0.25) is 4.72 Å². The summed E-state index contributed by atoms with van der Waals surface area (Å²) in [6, 6.07) is 3.81. The molecule has 0 radical (unpaired) electrons. The van der Waals surface area contributed by atoms with Crippen LogP contribution >= 0.6 is 15.9 Å².